The smallest absolute Gasteiger partial charge is 0.335 e. The van der Waals surface area contributed by atoms with E-state index in [0.29, 0.717) is 28.2 Å². The van der Waals surface area contributed by atoms with Crippen LogP contribution in [0.5, 0.6) is 0 Å². The van der Waals surface area contributed by atoms with Crippen LogP contribution >= 0.6 is 11.8 Å². The molecular weight excluding hydrogens is 457 g/mol. The summed E-state index contributed by atoms with van der Waals surface area (Å²) in [5.41, 5.74) is -0.576. The van der Waals surface area contributed by atoms with Crippen LogP contribution in [0, 0.1) is 0 Å². The van der Waals surface area contributed by atoms with Crippen LogP contribution in [0.2, 0.25) is 0 Å². The van der Waals surface area contributed by atoms with Crippen molar-refractivity contribution in [1.29, 1.82) is 0 Å². The molecule has 0 aliphatic carbocycles. The number of carbonyl (C=O) groups is 2. The minimum Gasteiger partial charge on any atom is -0.335 e. The fourth-order valence-electron chi connectivity index (χ4n) is 3.52. The number of H-pyrrole nitrogens is 1. The third kappa shape index (κ3) is 4.87. The highest BCUT2D eigenvalue weighted by Gasteiger charge is 2.34. The van der Waals surface area contributed by atoms with Crippen molar-refractivity contribution in [3.63, 3.8) is 0 Å². The van der Waals surface area contributed by atoms with Gasteiger partial charge in [-0.1, -0.05) is 12.1 Å². The highest BCUT2D eigenvalue weighted by atomic mass is 32.2. The third-order valence-corrected chi connectivity index (χ3v) is 6.50. The summed E-state index contributed by atoms with van der Waals surface area (Å²) >= 11 is 1.05. The molecule has 2 heterocycles. The molecular formula is C22H19F3N4O3S. The van der Waals surface area contributed by atoms with Gasteiger partial charge < -0.3 is 15.2 Å². The van der Waals surface area contributed by atoms with Gasteiger partial charge in [0.1, 0.15) is 5.82 Å². The quantitative estimate of drug-likeness (QED) is 0.584. The molecule has 0 fully saturated rings. The van der Waals surface area contributed by atoms with E-state index in [4.69, 9.17) is 0 Å². The minimum atomic E-state index is -4.52. The number of alkyl halides is 3. The summed E-state index contributed by atoms with van der Waals surface area (Å²) < 4.78 is 38.8. The van der Waals surface area contributed by atoms with Gasteiger partial charge in [-0.05, 0) is 37.3 Å². The second-order valence-electron chi connectivity index (χ2n) is 7.45. The summed E-state index contributed by atoms with van der Waals surface area (Å²) in [7, 11) is 0. The maximum Gasteiger partial charge on any atom is 0.416 e. The largest absolute Gasteiger partial charge is 0.416 e. The van der Waals surface area contributed by atoms with Gasteiger partial charge in [0, 0.05) is 17.9 Å². The first kappa shape index (κ1) is 22.8. The number of thioether (sulfide) groups is 1. The molecule has 2 amide bonds. The molecule has 1 atom stereocenters. The summed E-state index contributed by atoms with van der Waals surface area (Å²) in [6.45, 7) is 2.14. The van der Waals surface area contributed by atoms with Crippen molar-refractivity contribution in [2.75, 3.05) is 11.9 Å². The number of halogens is 3. The highest BCUT2D eigenvalue weighted by molar-refractivity contribution is 8.01. The molecule has 0 saturated carbocycles. The van der Waals surface area contributed by atoms with Crippen molar-refractivity contribution < 1.29 is 22.8 Å². The van der Waals surface area contributed by atoms with Gasteiger partial charge in [0.2, 0.25) is 11.8 Å². The van der Waals surface area contributed by atoms with E-state index in [9.17, 15) is 27.6 Å². The van der Waals surface area contributed by atoms with Crippen molar-refractivity contribution in [1.82, 2.24) is 14.9 Å². The Bertz CT molecular complexity index is 1290. The van der Waals surface area contributed by atoms with Crippen LogP contribution in [0.1, 0.15) is 24.7 Å². The van der Waals surface area contributed by atoms with Crippen molar-refractivity contribution in [3.05, 3.63) is 64.2 Å². The lowest BCUT2D eigenvalue weighted by Crippen LogP contribution is -2.37. The van der Waals surface area contributed by atoms with Gasteiger partial charge in [-0.15, -0.1) is 11.8 Å². The minimum absolute atomic E-state index is 0.0555. The van der Waals surface area contributed by atoms with E-state index >= 15 is 0 Å². The van der Waals surface area contributed by atoms with Crippen LogP contribution in [0.3, 0.4) is 0 Å². The standard InChI is InChI=1S/C22H19F3N4O3S/c1-2-29(11-18-26-14-6-4-3-5-13(14)20(31)28-18)19(30)10-17-21(32)27-15-9-12(22(23,24)25)7-8-16(15)33-17/h3-9,17H,2,10-11H2,1H3,(H,27,32)(H,26,28,31)/t17-/m1/s1. The van der Waals surface area contributed by atoms with Crippen LogP contribution in [-0.2, 0) is 22.3 Å². The zero-order chi connectivity index (χ0) is 23.8. The SMILES string of the molecule is CCN(Cc1nc2ccccc2c(=O)[nH]1)C(=O)C[C@H]1Sc2ccc(C(F)(F)F)cc2NC1=O. The fourth-order valence-corrected chi connectivity index (χ4v) is 4.60. The predicted molar refractivity (Wildman–Crippen MR) is 118 cm³/mol. The Morgan fingerprint density at radius 3 is 2.67 bits per heavy atom. The number of nitrogens with zero attached hydrogens (tertiary/aromatic N) is 2. The number of hydrogen-bond acceptors (Lipinski definition) is 5. The lowest BCUT2D eigenvalue weighted by atomic mass is 10.1. The van der Waals surface area contributed by atoms with Gasteiger partial charge in [-0.2, -0.15) is 13.2 Å². The van der Waals surface area contributed by atoms with Crippen LogP contribution < -0.4 is 10.9 Å². The average molecular weight is 476 g/mol. The Labute approximate surface area is 190 Å². The molecule has 0 radical (unpaired) electrons. The normalized spacial score (nSPS) is 15.8. The number of aromatic nitrogens is 2. The molecule has 2 N–H and O–H groups in total. The zero-order valence-electron chi connectivity index (χ0n) is 17.4. The van der Waals surface area contributed by atoms with E-state index in [0.717, 1.165) is 23.9 Å². The molecule has 172 valence electrons. The Morgan fingerprint density at radius 2 is 1.94 bits per heavy atom. The molecule has 0 bridgehead atoms. The maximum absolute atomic E-state index is 12.9. The van der Waals surface area contributed by atoms with E-state index in [1.54, 1.807) is 31.2 Å². The van der Waals surface area contributed by atoms with Crippen molar-refractivity contribution in [3.8, 4) is 0 Å². The molecule has 11 heteroatoms. The molecule has 1 aliphatic heterocycles. The maximum atomic E-state index is 12.9. The van der Waals surface area contributed by atoms with Gasteiger partial charge in [-0.25, -0.2) is 4.98 Å². The van der Waals surface area contributed by atoms with Gasteiger partial charge in [0.15, 0.2) is 0 Å². The fraction of sp³-hybridized carbons (Fsp3) is 0.273. The molecule has 0 unspecified atom stereocenters. The van der Waals surface area contributed by atoms with E-state index in [1.807, 2.05) is 0 Å². The van der Waals surface area contributed by atoms with Crippen molar-refractivity contribution >= 4 is 40.2 Å². The number of hydrogen-bond donors (Lipinski definition) is 2. The number of carbonyl (C=O) groups excluding carboxylic acids is 2. The summed E-state index contributed by atoms with van der Waals surface area (Å²) in [4.78, 5) is 46.6. The zero-order valence-corrected chi connectivity index (χ0v) is 18.2. The number of benzene rings is 2. The summed E-state index contributed by atoms with van der Waals surface area (Å²) in [5, 5.41) is 2.12. The molecule has 1 aromatic heterocycles. The Hall–Kier alpha value is -3.34. The van der Waals surface area contributed by atoms with Crippen LogP contribution in [0.4, 0.5) is 18.9 Å². The van der Waals surface area contributed by atoms with Gasteiger partial charge >= 0.3 is 6.18 Å². The highest BCUT2D eigenvalue weighted by Crippen LogP contribution is 2.40. The monoisotopic (exact) mass is 476 g/mol. The van der Waals surface area contributed by atoms with Gasteiger partial charge in [-0.3, -0.25) is 14.4 Å². The predicted octanol–water partition coefficient (Wildman–Crippen LogP) is 3.79. The first-order valence-electron chi connectivity index (χ1n) is 10.1. The molecule has 0 saturated heterocycles. The summed E-state index contributed by atoms with van der Waals surface area (Å²) in [6, 6.07) is 9.98. The van der Waals surface area contributed by atoms with E-state index in [2.05, 4.69) is 15.3 Å². The second-order valence-corrected chi connectivity index (χ2v) is 8.69. The average Bonchev–Trinajstić information content (AvgIpc) is 2.77. The summed E-state index contributed by atoms with van der Waals surface area (Å²) in [5.74, 6) is -0.551. The first-order valence-corrected chi connectivity index (χ1v) is 11.0. The number of rotatable bonds is 5. The van der Waals surface area contributed by atoms with Gasteiger partial charge in [0.25, 0.3) is 5.56 Å². The number of nitrogens with one attached hydrogen (secondary N) is 2. The number of aromatic amines is 1. The van der Waals surface area contributed by atoms with Crippen LogP contribution in [0.25, 0.3) is 10.9 Å². The molecule has 3 aromatic rings. The lowest BCUT2D eigenvalue weighted by molar-refractivity contribution is -0.137. The Morgan fingerprint density at radius 1 is 1.18 bits per heavy atom. The third-order valence-electron chi connectivity index (χ3n) is 5.22. The molecule has 4 rings (SSSR count). The molecule has 2 aromatic carbocycles. The molecule has 1 aliphatic rings. The molecule has 33 heavy (non-hydrogen) atoms. The van der Waals surface area contributed by atoms with Crippen LogP contribution in [-0.4, -0.2) is 38.5 Å². The van der Waals surface area contributed by atoms with Crippen molar-refractivity contribution in [2.24, 2.45) is 0 Å². The Kier molecular flexibility index (Phi) is 6.15. The van der Waals surface area contributed by atoms with Crippen LogP contribution in [0.15, 0.2) is 52.2 Å². The topological polar surface area (TPSA) is 95.2 Å². The second kappa shape index (κ2) is 8.89. The lowest BCUT2D eigenvalue weighted by Gasteiger charge is -2.27. The van der Waals surface area contributed by atoms with E-state index < -0.39 is 22.9 Å². The summed E-state index contributed by atoms with van der Waals surface area (Å²) in [6.07, 6.45) is -4.67. The number of para-hydroxylation sites is 1. The number of fused-ring (bicyclic) bond motifs is 2. The van der Waals surface area contributed by atoms with E-state index in [-0.39, 0.29) is 30.1 Å². The van der Waals surface area contributed by atoms with E-state index in [1.165, 1.54) is 11.0 Å². The molecule has 7 nitrogen and oxygen atoms in total. The van der Waals surface area contributed by atoms with Crippen molar-refractivity contribution in [2.45, 2.75) is 36.2 Å². The number of anilines is 1. The first-order chi connectivity index (χ1) is 15.7. The Balaban J connectivity index is 1.48. The van der Waals surface area contributed by atoms with Gasteiger partial charge in [0.05, 0.1) is 33.9 Å². The number of amides is 2. The molecule has 0 spiro atoms.